The third-order valence-electron chi connectivity index (χ3n) is 4.16. The van der Waals surface area contributed by atoms with E-state index in [-0.39, 0.29) is 5.92 Å². The Labute approximate surface area is 131 Å². The number of ether oxygens (including phenoxy) is 2. The number of hydrogen-bond acceptors (Lipinski definition) is 3. The van der Waals surface area contributed by atoms with E-state index in [9.17, 15) is 5.26 Å². The molecule has 0 amide bonds. The molecular weight excluding hydrogens is 274 g/mol. The number of nitrogens with zero attached hydrogens (tertiary/aromatic N) is 1. The maximum absolute atomic E-state index is 9.34. The van der Waals surface area contributed by atoms with Crippen LogP contribution in [-0.2, 0) is 13.0 Å². The smallest absolute Gasteiger partial charge is 0.165 e. The first kappa shape index (κ1) is 14.5. The van der Waals surface area contributed by atoms with Crippen LogP contribution < -0.4 is 9.47 Å². The van der Waals surface area contributed by atoms with E-state index in [0.29, 0.717) is 6.61 Å². The molecule has 112 valence electrons. The van der Waals surface area contributed by atoms with E-state index in [2.05, 4.69) is 6.07 Å². The van der Waals surface area contributed by atoms with Crippen LogP contribution >= 0.6 is 0 Å². The Balaban J connectivity index is 1.93. The van der Waals surface area contributed by atoms with Crippen molar-refractivity contribution in [1.29, 1.82) is 5.26 Å². The first-order valence-corrected chi connectivity index (χ1v) is 7.59. The number of fused-ring (bicyclic) bond motifs is 1. The van der Waals surface area contributed by atoms with Crippen LogP contribution in [0.25, 0.3) is 0 Å². The number of rotatable bonds is 4. The van der Waals surface area contributed by atoms with Gasteiger partial charge in [0.05, 0.1) is 19.1 Å². The van der Waals surface area contributed by atoms with Crippen LogP contribution in [-0.4, -0.2) is 7.11 Å². The summed E-state index contributed by atoms with van der Waals surface area (Å²) in [5, 5.41) is 9.34. The fourth-order valence-corrected chi connectivity index (χ4v) is 3.03. The number of hydrogen-bond donors (Lipinski definition) is 0. The third-order valence-corrected chi connectivity index (χ3v) is 4.16. The largest absolute Gasteiger partial charge is 0.493 e. The average Bonchev–Trinajstić information content (AvgIpc) is 2.59. The molecule has 0 fully saturated rings. The first-order valence-electron chi connectivity index (χ1n) is 7.59. The van der Waals surface area contributed by atoms with Gasteiger partial charge in [-0.3, -0.25) is 0 Å². The van der Waals surface area contributed by atoms with Crippen molar-refractivity contribution in [2.75, 3.05) is 7.11 Å². The van der Waals surface area contributed by atoms with Gasteiger partial charge in [-0.05, 0) is 36.5 Å². The lowest BCUT2D eigenvalue weighted by molar-refractivity contribution is 0.279. The molecule has 0 bridgehead atoms. The molecule has 1 aliphatic rings. The molecule has 0 saturated heterocycles. The maximum Gasteiger partial charge on any atom is 0.165 e. The predicted octanol–water partition coefficient (Wildman–Crippen LogP) is 4.22. The highest BCUT2D eigenvalue weighted by atomic mass is 16.5. The molecule has 0 radical (unpaired) electrons. The highest BCUT2D eigenvalue weighted by Gasteiger charge is 2.25. The molecule has 0 aliphatic heterocycles. The monoisotopic (exact) mass is 293 g/mol. The Morgan fingerprint density at radius 1 is 1.18 bits per heavy atom. The van der Waals surface area contributed by atoms with E-state index in [0.717, 1.165) is 47.5 Å². The predicted molar refractivity (Wildman–Crippen MR) is 85.1 cm³/mol. The van der Waals surface area contributed by atoms with Gasteiger partial charge in [0.2, 0.25) is 0 Å². The van der Waals surface area contributed by atoms with E-state index in [4.69, 9.17) is 9.47 Å². The molecule has 1 aliphatic carbocycles. The highest BCUT2D eigenvalue weighted by molar-refractivity contribution is 5.54. The number of benzene rings is 2. The zero-order valence-electron chi connectivity index (χ0n) is 12.7. The van der Waals surface area contributed by atoms with Crippen molar-refractivity contribution in [2.45, 2.75) is 31.8 Å². The Hall–Kier alpha value is -2.47. The molecule has 1 unspecified atom stereocenters. The van der Waals surface area contributed by atoms with Gasteiger partial charge in [-0.2, -0.15) is 5.26 Å². The first-order chi connectivity index (χ1) is 10.8. The maximum atomic E-state index is 9.34. The summed E-state index contributed by atoms with van der Waals surface area (Å²) in [6.45, 7) is 0.505. The molecule has 3 rings (SSSR count). The third kappa shape index (κ3) is 2.78. The van der Waals surface area contributed by atoms with Gasteiger partial charge in [0.1, 0.15) is 6.61 Å². The van der Waals surface area contributed by atoms with Crippen LogP contribution in [0.4, 0.5) is 0 Å². The van der Waals surface area contributed by atoms with Gasteiger partial charge in [-0.25, -0.2) is 0 Å². The quantitative estimate of drug-likeness (QED) is 0.847. The van der Waals surface area contributed by atoms with E-state index in [1.807, 2.05) is 42.5 Å². The van der Waals surface area contributed by atoms with Gasteiger partial charge in [0, 0.05) is 5.56 Å². The van der Waals surface area contributed by atoms with E-state index < -0.39 is 0 Å². The molecule has 0 aromatic heterocycles. The number of methoxy groups -OCH3 is 1. The SMILES string of the molecule is COc1ccc2c(c1OCc1ccccc1)CCCC2C#N. The minimum Gasteiger partial charge on any atom is -0.493 e. The van der Waals surface area contributed by atoms with E-state index in [1.165, 1.54) is 0 Å². The molecule has 3 nitrogen and oxygen atoms in total. The Kier molecular flexibility index (Phi) is 4.29. The fourth-order valence-electron chi connectivity index (χ4n) is 3.03. The van der Waals surface area contributed by atoms with Crippen molar-refractivity contribution in [3.05, 3.63) is 59.2 Å². The molecule has 0 spiro atoms. The highest BCUT2D eigenvalue weighted by Crippen LogP contribution is 2.42. The summed E-state index contributed by atoms with van der Waals surface area (Å²) in [5.74, 6) is 1.51. The second-order valence-electron chi connectivity index (χ2n) is 5.51. The van der Waals surface area contributed by atoms with Gasteiger partial charge in [0.15, 0.2) is 11.5 Å². The van der Waals surface area contributed by atoms with Crippen molar-refractivity contribution in [3.63, 3.8) is 0 Å². The molecular formula is C19H19NO2. The average molecular weight is 293 g/mol. The Morgan fingerprint density at radius 3 is 2.73 bits per heavy atom. The molecule has 1 atom stereocenters. The van der Waals surface area contributed by atoms with E-state index in [1.54, 1.807) is 7.11 Å². The van der Waals surface area contributed by atoms with Crippen LogP contribution in [0, 0.1) is 11.3 Å². The zero-order valence-corrected chi connectivity index (χ0v) is 12.7. The van der Waals surface area contributed by atoms with Crippen LogP contribution in [0.15, 0.2) is 42.5 Å². The Morgan fingerprint density at radius 2 is 2.00 bits per heavy atom. The fraction of sp³-hybridized carbons (Fsp3) is 0.316. The van der Waals surface area contributed by atoms with Crippen molar-refractivity contribution in [3.8, 4) is 17.6 Å². The summed E-state index contributed by atoms with van der Waals surface area (Å²) in [4.78, 5) is 0. The Bertz CT molecular complexity index is 689. The van der Waals surface area contributed by atoms with Crippen molar-refractivity contribution in [1.82, 2.24) is 0 Å². The molecule has 2 aromatic rings. The summed E-state index contributed by atoms with van der Waals surface area (Å²) in [5.41, 5.74) is 3.35. The molecule has 2 aromatic carbocycles. The normalized spacial score (nSPS) is 16.5. The lowest BCUT2D eigenvalue weighted by atomic mass is 9.83. The van der Waals surface area contributed by atoms with Crippen LogP contribution in [0.5, 0.6) is 11.5 Å². The summed E-state index contributed by atoms with van der Waals surface area (Å²) >= 11 is 0. The standard InChI is InChI=1S/C19H19NO2/c1-21-18-11-10-16-15(12-20)8-5-9-17(16)19(18)22-13-14-6-3-2-4-7-14/h2-4,6-7,10-11,15H,5,8-9,13H2,1H3. The van der Waals surface area contributed by atoms with Gasteiger partial charge in [-0.1, -0.05) is 36.4 Å². The summed E-state index contributed by atoms with van der Waals surface area (Å²) in [6, 6.07) is 16.4. The number of nitriles is 1. The van der Waals surface area contributed by atoms with Gasteiger partial charge in [0.25, 0.3) is 0 Å². The summed E-state index contributed by atoms with van der Waals surface area (Å²) in [7, 11) is 1.65. The molecule has 22 heavy (non-hydrogen) atoms. The molecule has 0 N–H and O–H groups in total. The van der Waals surface area contributed by atoms with E-state index >= 15 is 0 Å². The van der Waals surface area contributed by atoms with Crippen molar-refractivity contribution < 1.29 is 9.47 Å². The lowest BCUT2D eigenvalue weighted by Gasteiger charge is -2.24. The van der Waals surface area contributed by atoms with Gasteiger partial charge in [-0.15, -0.1) is 0 Å². The molecule has 3 heteroatoms. The van der Waals surface area contributed by atoms with Crippen LogP contribution in [0.1, 0.15) is 35.4 Å². The van der Waals surface area contributed by atoms with Crippen molar-refractivity contribution in [2.24, 2.45) is 0 Å². The molecule has 0 heterocycles. The zero-order chi connectivity index (χ0) is 15.4. The van der Waals surface area contributed by atoms with Crippen LogP contribution in [0.2, 0.25) is 0 Å². The lowest BCUT2D eigenvalue weighted by Crippen LogP contribution is -2.11. The summed E-state index contributed by atoms with van der Waals surface area (Å²) in [6.07, 6.45) is 2.88. The molecule has 0 saturated carbocycles. The minimum absolute atomic E-state index is 0.0336. The van der Waals surface area contributed by atoms with Gasteiger partial charge >= 0.3 is 0 Å². The van der Waals surface area contributed by atoms with Gasteiger partial charge < -0.3 is 9.47 Å². The second kappa shape index (κ2) is 6.53. The topological polar surface area (TPSA) is 42.2 Å². The van der Waals surface area contributed by atoms with Crippen molar-refractivity contribution >= 4 is 0 Å². The minimum atomic E-state index is -0.0336. The summed E-state index contributed by atoms with van der Waals surface area (Å²) < 4.78 is 11.5. The van der Waals surface area contributed by atoms with Crippen LogP contribution in [0.3, 0.4) is 0 Å². The second-order valence-corrected chi connectivity index (χ2v) is 5.51.